The maximum Gasteiger partial charge on any atom is 0.333 e. The second-order valence-corrected chi connectivity index (χ2v) is 6.51. The van der Waals surface area contributed by atoms with Crippen LogP contribution in [0.1, 0.15) is 46.5 Å². The molecule has 5 heteroatoms. The predicted octanol–water partition coefficient (Wildman–Crippen LogP) is 4.37. The van der Waals surface area contributed by atoms with Crippen molar-refractivity contribution < 1.29 is 9.66 Å². The van der Waals surface area contributed by atoms with Crippen molar-refractivity contribution in [1.29, 1.82) is 0 Å². The number of nitro groups is 1. The fraction of sp³-hybridized carbons (Fsp3) is 0.625. The first kappa shape index (κ1) is 15.6. The smallest absolute Gasteiger partial charge is 0.333 e. The van der Waals surface area contributed by atoms with Gasteiger partial charge in [-0.1, -0.05) is 26.8 Å². The standard InChI is InChI=1S/C16H24N2O3/c1-4-10-21-14-7-5-6-13(15(14)18(19)20)17-12-8-9-16(2,3)11-12/h5-7,12,17H,4,8-11H2,1-3H3. The maximum atomic E-state index is 11.4. The summed E-state index contributed by atoms with van der Waals surface area (Å²) < 4.78 is 5.51. The molecule has 0 aromatic heterocycles. The van der Waals surface area contributed by atoms with Gasteiger partial charge in [0.05, 0.1) is 11.5 Å². The lowest BCUT2D eigenvalue weighted by Crippen LogP contribution is -2.18. The van der Waals surface area contributed by atoms with E-state index < -0.39 is 0 Å². The van der Waals surface area contributed by atoms with Crippen molar-refractivity contribution >= 4 is 11.4 Å². The van der Waals surface area contributed by atoms with Gasteiger partial charge in [0.1, 0.15) is 5.69 Å². The first-order chi connectivity index (χ1) is 9.93. The molecule has 1 aliphatic rings. The van der Waals surface area contributed by atoms with Crippen molar-refractivity contribution in [2.45, 2.75) is 52.5 Å². The highest BCUT2D eigenvalue weighted by molar-refractivity contribution is 5.68. The van der Waals surface area contributed by atoms with Crippen LogP contribution in [0, 0.1) is 15.5 Å². The molecule has 1 aromatic carbocycles. The Morgan fingerprint density at radius 1 is 1.48 bits per heavy atom. The first-order valence-corrected chi connectivity index (χ1v) is 7.59. The number of nitrogens with zero attached hydrogens (tertiary/aromatic N) is 1. The molecule has 0 spiro atoms. The third-order valence-corrected chi connectivity index (χ3v) is 3.97. The SMILES string of the molecule is CCCOc1cccc(NC2CCC(C)(C)C2)c1[N+](=O)[O-]. The van der Waals surface area contributed by atoms with Gasteiger partial charge in [-0.25, -0.2) is 0 Å². The lowest BCUT2D eigenvalue weighted by atomic mass is 9.92. The van der Waals surface area contributed by atoms with E-state index in [1.165, 1.54) is 0 Å². The van der Waals surface area contributed by atoms with Crippen LogP contribution in [-0.4, -0.2) is 17.6 Å². The van der Waals surface area contributed by atoms with E-state index in [0.717, 1.165) is 25.7 Å². The number of rotatable bonds is 6. The van der Waals surface area contributed by atoms with Gasteiger partial charge < -0.3 is 10.1 Å². The fourth-order valence-corrected chi connectivity index (χ4v) is 2.93. The molecule has 0 bridgehead atoms. The van der Waals surface area contributed by atoms with E-state index in [1.54, 1.807) is 18.2 Å². The number of anilines is 1. The van der Waals surface area contributed by atoms with E-state index >= 15 is 0 Å². The van der Waals surface area contributed by atoms with Crippen LogP contribution in [0.5, 0.6) is 5.75 Å². The van der Waals surface area contributed by atoms with Crippen molar-refractivity contribution in [1.82, 2.24) is 0 Å². The molecule has 1 aromatic rings. The molecule has 0 saturated heterocycles. The van der Waals surface area contributed by atoms with Crippen LogP contribution >= 0.6 is 0 Å². The van der Waals surface area contributed by atoms with Crippen LogP contribution < -0.4 is 10.1 Å². The van der Waals surface area contributed by atoms with E-state index in [9.17, 15) is 10.1 Å². The highest BCUT2D eigenvalue weighted by Gasteiger charge is 2.32. The molecule has 0 radical (unpaired) electrons. The number of benzene rings is 1. The lowest BCUT2D eigenvalue weighted by Gasteiger charge is -2.19. The molecule has 0 amide bonds. The molecule has 5 nitrogen and oxygen atoms in total. The fourth-order valence-electron chi connectivity index (χ4n) is 2.93. The number of ether oxygens (including phenoxy) is 1. The van der Waals surface area contributed by atoms with Gasteiger partial charge in [0, 0.05) is 6.04 Å². The summed E-state index contributed by atoms with van der Waals surface area (Å²) in [5.74, 6) is 0.351. The third-order valence-electron chi connectivity index (χ3n) is 3.97. The Morgan fingerprint density at radius 3 is 2.81 bits per heavy atom. The first-order valence-electron chi connectivity index (χ1n) is 7.59. The third kappa shape index (κ3) is 3.86. The molecule has 2 rings (SSSR count). The number of para-hydroxylation sites is 1. The van der Waals surface area contributed by atoms with Gasteiger partial charge >= 0.3 is 5.69 Å². The lowest BCUT2D eigenvalue weighted by molar-refractivity contribution is -0.385. The van der Waals surface area contributed by atoms with E-state index in [2.05, 4.69) is 19.2 Å². The normalized spacial score (nSPS) is 20.2. The van der Waals surface area contributed by atoms with Gasteiger partial charge in [-0.05, 0) is 43.2 Å². The molecule has 1 saturated carbocycles. The zero-order valence-corrected chi connectivity index (χ0v) is 13.0. The molecule has 0 heterocycles. The second-order valence-electron chi connectivity index (χ2n) is 6.51. The molecule has 1 aliphatic carbocycles. The summed E-state index contributed by atoms with van der Waals surface area (Å²) in [6.07, 6.45) is 4.05. The van der Waals surface area contributed by atoms with Crippen LogP contribution in [0.4, 0.5) is 11.4 Å². The van der Waals surface area contributed by atoms with Crippen molar-refractivity contribution in [2.24, 2.45) is 5.41 Å². The summed E-state index contributed by atoms with van der Waals surface area (Å²) in [5.41, 5.74) is 0.926. The Hall–Kier alpha value is -1.78. The summed E-state index contributed by atoms with van der Waals surface area (Å²) >= 11 is 0. The number of hydrogen-bond donors (Lipinski definition) is 1. The molecule has 21 heavy (non-hydrogen) atoms. The molecule has 0 aliphatic heterocycles. The summed E-state index contributed by atoms with van der Waals surface area (Å²) in [4.78, 5) is 11.0. The Kier molecular flexibility index (Phi) is 4.70. The van der Waals surface area contributed by atoms with Gasteiger partial charge in [0.2, 0.25) is 0 Å². The van der Waals surface area contributed by atoms with Crippen LogP contribution in [0.15, 0.2) is 18.2 Å². The molecule has 1 N–H and O–H groups in total. The summed E-state index contributed by atoms with van der Waals surface area (Å²) in [7, 11) is 0. The quantitative estimate of drug-likeness (QED) is 0.624. The van der Waals surface area contributed by atoms with Crippen LogP contribution in [0.25, 0.3) is 0 Å². The van der Waals surface area contributed by atoms with Gasteiger partial charge in [-0.2, -0.15) is 0 Å². The highest BCUT2D eigenvalue weighted by Crippen LogP contribution is 2.41. The Balaban J connectivity index is 2.20. The predicted molar refractivity (Wildman–Crippen MR) is 83.9 cm³/mol. The minimum absolute atomic E-state index is 0.0515. The van der Waals surface area contributed by atoms with Crippen LogP contribution in [-0.2, 0) is 0 Å². The molecule has 1 unspecified atom stereocenters. The summed E-state index contributed by atoms with van der Waals surface area (Å²) in [6, 6.07) is 5.53. The molecule has 1 fully saturated rings. The average molecular weight is 292 g/mol. The Morgan fingerprint density at radius 2 is 2.24 bits per heavy atom. The van der Waals surface area contributed by atoms with E-state index in [4.69, 9.17) is 4.74 Å². The van der Waals surface area contributed by atoms with Gasteiger partial charge in [-0.3, -0.25) is 10.1 Å². The van der Waals surface area contributed by atoms with Crippen molar-refractivity contribution in [3.05, 3.63) is 28.3 Å². The second kappa shape index (κ2) is 6.33. The molecular weight excluding hydrogens is 268 g/mol. The van der Waals surface area contributed by atoms with Gasteiger partial charge in [0.15, 0.2) is 5.75 Å². The summed E-state index contributed by atoms with van der Waals surface area (Å²) in [5, 5.41) is 14.7. The number of nitro benzene ring substituents is 1. The molecule has 116 valence electrons. The van der Waals surface area contributed by atoms with Crippen molar-refractivity contribution in [2.75, 3.05) is 11.9 Å². The summed E-state index contributed by atoms with van der Waals surface area (Å²) in [6.45, 7) is 6.95. The van der Waals surface area contributed by atoms with Crippen molar-refractivity contribution in [3.8, 4) is 5.75 Å². The van der Waals surface area contributed by atoms with Crippen LogP contribution in [0.3, 0.4) is 0 Å². The molecular formula is C16H24N2O3. The zero-order chi connectivity index (χ0) is 15.5. The topological polar surface area (TPSA) is 64.4 Å². The van der Waals surface area contributed by atoms with Crippen LogP contribution in [0.2, 0.25) is 0 Å². The van der Waals surface area contributed by atoms with E-state index in [0.29, 0.717) is 29.5 Å². The number of nitrogens with one attached hydrogen (secondary N) is 1. The van der Waals surface area contributed by atoms with Gasteiger partial charge in [0.25, 0.3) is 0 Å². The Bertz CT molecular complexity index is 514. The highest BCUT2D eigenvalue weighted by atomic mass is 16.6. The van der Waals surface area contributed by atoms with Crippen molar-refractivity contribution in [3.63, 3.8) is 0 Å². The minimum atomic E-state index is -0.354. The van der Waals surface area contributed by atoms with E-state index in [1.807, 2.05) is 6.92 Å². The largest absolute Gasteiger partial charge is 0.487 e. The van der Waals surface area contributed by atoms with Gasteiger partial charge in [-0.15, -0.1) is 0 Å². The Labute approximate surface area is 125 Å². The minimum Gasteiger partial charge on any atom is -0.487 e. The monoisotopic (exact) mass is 292 g/mol. The number of hydrogen-bond acceptors (Lipinski definition) is 4. The van der Waals surface area contributed by atoms with E-state index in [-0.39, 0.29) is 10.6 Å². The average Bonchev–Trinajstić information content (AvgIpc) is 2.75. The zero-order valence-electron chi connectivity index (χ0n) is 13.0. The molecule has 1 atom stereocenters. The maximum absolute atomic E-state index is 11.4.